The highest BCUT2D eigenvalue weighted by Gasteiger charge is 2.29. The summed E-state index contributed by atoms with van der Waals surface area (Å²) < 4.78 is 5.54. The average molecular weight is 264 g/mol. The van der Waals surface area contributed by atoms with E-state index in [1.165, 1.54) is 0 Å². The fraction of sp³-hybridized carbons (Fsp3) is 0.714. The Morgan fingerprint density at radius 2 is 2.05 bits per heavy atom. The van der Waals surface area contributed by atoms with Gasteiger partial charge in [0.2, 0.25) is 5.88 Å². The van der Waals surface area contributed by atoms with Crippen molar-refractivity contribution in [2.45, 2.75) is 39.2 Å². The van der Waals surface area contributed by atoms with E-state index in [2.05, 4.69) is 27.1 Å². The molecule has 1 N–H and O–H groups in total. The van der Waals surface area contributed by atoms with Crippen LogP contribution in [0, 0.1) is 6.92 Å². The fourth-order valence-electron chi connectivity index (χ4n) is 2.49. The van der Waals surface area contributed by atoms with Crippen molar-refractivity contribution >= 4 is 5.82 Å². The zero-order valence-electron chi connectivity index (χ0n) is 12.4. The molecular weight excluding hydrogens is 240 g/mol. The quantitative estimate of drug-likeness (QED) is 0.898. The standard InChI is InChI=1S/C14H24N4O/c1-5-19-13-11(2)12(16-10-17-13)18-8-6-14(3,15-4)7-9-18/h10,15H,5-9H2,1-4H3. The first-order valence-electron chi connectivity index (χ1n) is 6.98. The molecule has 0 saturated carbocycles. The van der Waals surface area contributed by atoms with Crippen LogP contribution in [-0.2, 0) is 0 Å². The van der Waals surface area contributed by atoms with Crippen LogP contribution in [0.5, 0.6) is 5.88 Å². The normalized spacial score (nSPS) is 18.4. The van der Waals surface area contributed by atoms with Gasteiger partial charge in [-0.2, -0.15) is 0 Å². The molecule has 0 bridgehead atoms. The Morgan fingerprint density at radius 1 is 1.37 bits per heavy atom. The van der Waals surface area contributed by atoms with E-state index >= 15 is 0 Å². The molecule has 1 aliphatic rings. The lowest BCUT2D eigenvalue weighted by molar-refractivity contribution is 0.302. The highest BCUT2D eigenvalue weighted by Crippen LogP contribution is 2.29. The van der Waals surface area contributed by atoms with E-state index in [0.717, 1.165) is 37.3 Å². The van der Waals surface area contributed by atoms with E-state index in [1.807, 2.05) is 20.9 Å². The second kappa shape index (κ2) is 5.74. The van der Waals surface area contributed by atoms with Gasteiger partial charge in [-0.25, -0.2) is 9.97 Å². The SMILES string of the molecule is CCOc1ncnc(N2CCC(C)(NC)CC2)c1C. The van der Waals surface area contributed by atoms with Crippen LogP contribution in [0.15, 0.2) is 6.33 Å². The molecule has 5 nitrogen and oxygen atoms in total. The number of nitrogens with zero attached hydrogens (tertiary/aromatic N) is 3. The van der Waals surface area contributed by atoms with E-state index in [4.69, 9.17) is 4.74 Å². The minimum atomic E-state index is 0.250. The fourth-order valence-corrected chi connectivity index (χ4v) is 2.49. The predicted octanol–water partition coefficient (Wildman–Crippen LogP) is 1.76. The summed E-state index contributed by atoms with van der Waals surface area (Å²) in [6.45, 7) is 8.95. The molecule has 1 aromatic heterocycles. The van der Waals surface area contributed by atoms with E-state index in [9.17, 15) is 0 Å². The largest absolute Gasteiger partial charge is 0.478 e. The maximum atomic E-state index is 5.54. The van der Waals surface area contributed by atoms with E-state index in [-0.39, 0.29) is 5.54 Å². The van der Waals surface area contributed by atoms with Crippen LogP contribution in [0.2, 0.25) is 0 Å². The van der Waals surface area contributed by atoms with Gasteiger partial charge in [-0.05, 0) is 40.7 Å². The summed E-state index contributed by atoms with van der Waals surface area (Å²) in [6, 6.07) is 0. The van der Waals surface area contributed by atoms with Crippen LogP contribution in [0.25, 0.3) is 0 Å². The van der Waals surface area contributed by atoms with Crippen molar-refractivity contribution in [1.82, 2.24) is 15.3 Å². The van der Waals surface area contributed by atoms with E-state index in [0.29, 0.717) is 12.5 Å². The smallest absolute Gasteiger partial charge is 0.221 e. The number of hydrogen-bond donors (Lipinski definition) is 1. The zero-order chi connectivity index (χ0) is 13.9. The van der Waals surface area contributed by atoms with Gasteiger partial charge in [0.15, 0.2) is 0 Å². The molecule has 19 heavy (non-hydrogen) atoms. The molecule has 0 spiro atoms. The number of ether oxygens (including phenoxy) is 1. The number of hydrogen-bond acceptors (Lipinski definition) is 5. The Balaban J connectivity index is 2.13. The molecular formula is C14H24N4O. The van der Waals surface area contributed by atoms with E-state index < -0.39 is 0 Å². The average Bonchev–Trinajstić information content (AvgIpc) is 2.43. The topological polar surface area (TPSA) is 50.3 Å². The summed E-state index contributed by atoms with van der Waals surface area (Å²) in [5, 5.41) is 3.41. The molecule has 2 heterocycles. The first-order valence-corrected chi connectivity index (χ1v) is 6.98. The minimum Gasteiger partial charge on any atom is -0.478 e. The van der Waals surface area contributed by atoms with Crippen molar-refractivity contribution in [2.24, 2.45) is 0 Å². The van der Waals surface area contributed by atoms with Crippen LogP contribution in [-0.4, -0.2) is 42.3 Å². The van der Waals surface area contributed by atoms with Gasteiger partial charge in [0.25, 0.3) is 0 Å². The molecule has 1 aromatic rings. The van der Waals surface area contributed by atoms with Gasteiger partial charge in [-0.3, -0.25) is 0 Å². The van der Waals surface area contributed by atoms with Crippen molar-refractivity contribution in [3.63, 3.8) is 0 Å². The van der Waals surface area contributed by atoms with Gasteiger partial charge in [-0.1, -0.05) is 0 Å². The summed E-state index contributed by atoms with van der Waals surface area (Å²) in [7, 11) is 2.04. The van der Waals surface area contributed by atoms with Crippen molar-refractivity contribution in [2.75, 3.05) is 31.6 Å². The second-order valence-corrected chi connectivity index (χ2v) is 5.36. The highest BCUT2D eigenvalue weighted by atomic mass is 16.5. The van der Waals surface area contributed by atoms with Gasteiger partial charge in [-0.15, -0.1) is 0 Å². The third-order valence-corrected chi connectivity index (χ3v) is 4.06. The lowest BCUT2D eigenvalue weighted by Gasteiger charge is -2.40. The van der Waals surface area contributed by atoms with Crippen LogP contribution in [0.1, 0.15) is 32.3 Å². The third-order valence-electron chi connectivity index (χ3n) is 4.06. The van der Waals surface area contributed by atoms with Gasteiger partial charge >= 0.3 is 0 Å². The summed E-state index contributed by atoms with van der Waals surface area (Å²) in [5.41, 5.74) is 1.29. The van der Waals surface area contributed by atoms with Crippen LogP contribution < -0.4 is 15.0 Å². The summed E-state index contributed by atoms with van der Waals surface area (Å²) in [5.74, 6) is 1.71. The second-order valence-electron chi connectivity index (χ2n) is 5.36. The Morgan fingerprint density at radius 3 is 2.63 bits per heavy atom. The molecule has 0 unspecified atom stereocenters. The summed E-state index contributed by atoms with van der Waals surface area (Å²) in [4.78, 5) is 11.0. The lowest BCUT2D eigenvalue weighted by Crippen LogP contribution is -2.50. The van der Waals surface area contributed by atoms with Crippen molar-refractivity contribution in [3.05, 3.63) is 11.9 Å². The molecule has 106 valence electrons. The van der Waals surface area contributed by atoms with Crippen molar-refractivity contribution in [1.29, 1.82) is 0 Å². The molecule has 0 aromatic carbocycles. The summed E-state index contributed by atoms with van der Waals surface area (Å²) in [6.07, 6.45) is 3.84. The first-order chi connectivity index (χ1) is 9.09. The number of piperidine rings is 1. The maximum absolute atomic E-state index is 5.54. The molecule has 0 radical (unpaired) electrons. The Kier molecular flexibility index (Phi) is 4.24. The lowest BCUT2D eigenvalue weighted by atomic mass is 9.90. The molecule has 2 rings (SSSR count). The summed E-state index contributed by atoms with van der Waals surface area (Å²) >= 11 is 0. The van der Waals surface area contributed by atoms with Gasteiger partial charge < -0.3 is 15.0 Å². The van der Waals surface area contributed by atoms with Gasteiger partial charge in [0, 0.05) is 18.6 Å². The van der Waals surface area contributed by atoms with E-state index in [1.54, 1.807) is 6.33 Å². The number of rotatable bonds is 4. The predicted molar refractivity (Wildman–Crippen MR) is 76.8 cm³/mol. The Hall–Kier alpha value is -1.36. The molecule has 1 saturated heterocycles. The highest BCUT2D eigenvalue weighted by molar-refractivity contribution is 5.50. The molecule has 0 amide bonds. The first kappa shape index (κ1) is 14.1. The zero-order valence-corrected chi connectivity index (χ0v) is 12.4. The third kappa shape index (κ3) is 2.97. The van der Waals surface area contributed by atoms with Gasteiger partial charge in [0.1, 0.15) is 12.1 Å². The van der Waals surface area contributed by atoms with Crippen molar-refractivity contribution < 1.29 is 4.74 Å². The molecule has 0 atom stereocenters. The maximum Gasteiger partial charge on any atom is 0.221 e. The molecule has 1 aliphatic heterocycles. The van der Waals surface area contributed by atoms with Crippen LogP contribution in [0.3, 0.4) is 0 Å². The number of anilines is 1. The van der Waals surface area contributed by atoms with Crippen LogP contribution >= 0.6 is 0 Å². The number of aromatic nitrogens is 2. The minimum absolute atomic E-state index is 0.250. The number of nitrogens with one attached hydrogen (secondary N) is 1. The molecule has 5 heteroatoms. The monoisotopic (exact) mass is 264 g/mol. The molecule has 1 fully saturated rings. The van der Waals surface area contributed by atoms with Gasteiger partial charge in [0.05, 0.1) is 12.2 Å². The van der Waals surface area contributed by atoms with Crippen molar-refractivity contribution in [3.8, 4) is 5.88 Å². The Labute approximate surface area is 115 Å². The molecule has 0 aliphatic carbocycles. The van der Waals surface area contributed by atoms with Crippen LogP contribution in [0.4, 0.5) is 5.82 Å². The Bertz CT molecular complexity index is 427.